The standard InChI is InChI=1S/C22H23ClN2O4S/c1-28-18-10-12-19(13-11-18)30(26,27)21-22(25-14-4-2-3-5-15-25)29-20(24-21)16-6-8-17(23)9-7-16/h6-13H,2-5,14-15H2,1H3. The van der Waals surface area contributed by atoms with Crippen LogP contribution < -0.4 is 9.64 Å². The Morgan fingerprint density at radius 3 is 2.20 bits per heavy atom. The van der Waals surface area contributed by atoms with E-state index in [1.807, 2.05) is 4.90 Å². The molecule has 8 heteroatoms. The van der Waals surface area contributed by atoms with Gasteiger partial charge in [0, 0.05) is 23.7 Å². The average Bonchev–Trinajstić information content (AvgIpc) is 3.04. The van der Waals surface area contributed by atoms with Crippen LogP contribution >= 0.6 is 11.6 Å². The van der Waals surface area contributed by atoms with E-state index in [2.05, 4.69) is 4.98 Å². The van der Waals surface area contributed by atoms with E-state index in [-0.39, 0.29) is 15.8 Å². The number of sulfone groups is 1. The highest BCUT2D eigenvalue weighted by Gasteiger charge is 2.31. The van der Waals surface area contributed by atoms with E-state index < -0.39 is 9.84 Å². The Balaban J connectivity index is 1.82. The van der Waals surface area contributed by atoms with Crippen LogP contribution in [0.25, 0.3) is 11.5 Å². The fourth-order valence-electron chi connectivity index (χ4n) is 3.53. The quantitative estimate of drug-likeness (QED) is 0.535. The molecule has 0 N–H and O–H groups in total. The fourth-order valence-corrected chi connectivity index (χ4v) is 4.98. The first kappa shape index (κ1) is 20.8. The van der Waals surface area contributed by atoms with Gasteiger partial charge in [-0.2, -0.15) is 4.98 Å². The summed E-state index contributed by atoms with van der Waals surface area (Å²) in [7, 11) is -2.34. The van der Waals surface area contributed by atoms with Crippen LogP contribution in [0.5, 0.6) is 5.75 Å². The van der Waals surface area contributed by atoms with Crippen LogP contribution in [0, 0.1) is 0 Å². The molecule has 0 amide bonds. The number of halogens is 1. The lowest BCUT2D eigenvalue weighted by Crippen LogP contribution is -2.25. The van der Waals surface area contributed by atoms with Crippen molar-refractivity contribution in [3.8, 4) is 17.2 Å². The summed E-state index contributed by atoms with van der Waals surface area (Å²) in [5.74, 6) is 1.15. The fraction of sp³-hybridized carbons (Fsp3) is 0.318. The number of benzene rings is 2. The third kappa shape index (κ3) is 4.18. The second kappa shape index (κ2) is 8.70. The van der Waals surface area contributed by atoms with E-state index in [1.165, 1.54) is 19.2 Å². The number of methoxy groups -OCH3 is 1. The monoisotopic (exact) mass is 446 g/mol. The Morgan fingerprint density at radius 2 is 1.60 bits per heavy atom. The predicted molar refractivity (Wildman–Crippen MR) is 116 cm³/mol. The molecule has 3 aromatic rings. The van der Waals surface area contributed by atoms with E-state index in [4.69, 9.17) is 20.8 Å². The second-order valence-electron chi connectivity index (χ2n) is 7.22. The van der Waals surface area contributed by atoms with Crippen LogP contribution in [0.4, 0.5) is 5.88 Å². The minimum atomic E-state index is -3.88. The van der Waals surface area contributed by atoms with Crippen LogP contribution in [-0.2, 0) is 9.84 Å². The molecular formula is C22H23ClN2O4S. The molecule has 1 saturated heterocycles. The summed E-state index contributed by atoms with van der Waals surface area (Å²) in [4.78, 5) is 6.58. The average molecular weight is 447 g/mol. The number of anilines is 1. The molecule has 0 unspecified atom stereocenters. The molecule has 1 aliphatic heterocycles. The van der Waals surface area contributed by atoms with Gasteiger partial charge >= 0.3 is 0 Å². The summed E-state index contributed by atoms with van der Waals surface area (Å²) in [5.41, 5.74) is 0.673. The molecule has 6 nitrogen and oxygen atoms in total. The summed E-state index contributed by atoms with van der Waals surface area (Å²) in [6, 6.07) is 13.3. The molecule has 0 atom stereocenters. The van der Waals surface area contributed by atoms with Crippen molar-refractivity contribution in [1.29, 1.82) is 0 Å². The van der Waals surface area contributed by atoms with Gasteiger partial charge in [0.2, 0.25) is 26.6 Å². The minimum absolute atomic E-state index is 0.0560. The van der Waals surface area contributed by atoms with Crippen molar-refractivity contribution < 1.29 is 17.6 Å². The zero-order valence-electron chi connectivity index (χ0n) is 16.7. The maximum absolute atomic E-state index is 13.5. The lowest BCUT2D eigenvalue weighted by atomic mass is 10.2. The molecule has 0 spiro atoms. The van der Waals surface area contributed by atoms with Gasteiger partial charge in [0.05, 0.1) is 12.0 Å². The Labute approximate surface area is 181 Å². The first-order chi connectivity index (χ1) is 14.5. The predicted octanol–water partition coefficient (Wildman–Crippen LogP) is 5.22. The summed E-state index contributed by atoms with van der Waals surface area (Å²) in [6.07, 6.45) is 4.21. The van der Waals surface area contributed by atoms with Crippen molar-refractivity contribution in [2.75, 3.05) is 25.1 Å². The normalized spacial score (nSPS) is 15.1. The number of aromatic nitrogens is 1. The van der Waals surface area contributed by atoms with E-state index >= 15 is 0 Å². The Morgan fingerprint density at radius 1 is 0.967 bits per heavy atom. The van der Waals surface area contributed by atoms with E-state index in [9.17, 15) is 8.42 Å². The zero-order chi connectivity index (χ0) is 21.1. The SMILES string of the molecule is COc1ccc(S(=O)(=O)c2nc(-c3ccc(Cl)cc3)oc2N2CCCCCC2)cc1. The summed E-state index contributed by atoms with van der Waals surface area (Å²) in [6.45, 7) is 1.47. The van der Waals surface area contributed by atoms with Gasteiger partial charge in [-0.15, -0.1) is 0 Å². The van der Waals surface area contributed by atoms with Gasteiger partial charge in [-0.25, -0.2) is 8.42 Å². The molecule has 1 aliphatic rings. The minimum Gasteiger partial charge on any atom is -0.497 e. The molecule has 1 fully saturated rings. The summed E-state index contributed by atoms with van der Waals surface area (Å²) in [5, 5.41) is 0.531. The molecule has 158 valence electrons. The molecule has 0 bridgehead atoms. The third-order valence-electron chi connectivity index (χ3n) is 5.19. The van der Waals surface area contributed by atoms with Gasteiger partial charge in [-0.1, -0.05) is 24.4 Å². The first-order valence-electron chi connectivity index (χ1n) is 9.90. The van der Waals surface area contributed by atoms with Crippen LogP contribution in [0.2, 0.25) is 5.02 Å². The maximum Gasteiger partial charge on any atom is 0.236 e. The van der Waals surface area contributed by atoms with Gasteiger partial charge in [-0.05, 0) is 61.4 Å². The summed E-state index contributed by atoms with van der Waals surface area (Å²) >= 11 is 5.99. The number of nitrogens with zero attached hydrogens (tertiary/aromatic N) is 2. The molecule has 0 radical (unpaired) electrons. The number of oxazole rings is 1. The van der Waals surface area contributed by atoms with Gasteiger partial charge in [0.25, 0.3) is 0 Å². The van der Waals surface area contributed by atoms with E-state index in [0.29, 0.717) is 22.2 Å². The van der Waals surface area contributed by atoms with Crippen molar-refractivity contribution in [3.05, 3.63) is 53.6 Å². The van der Waals surface area contributed by atoms with Gasteiger partial charge in [-0.3, -0.25) is 0 Å². The number of ether oxygens (including phenoxy) is 1. The van der Waals surface area contributed by atoms with Gasteiger partial charge in [0.15, 0.2) is 0 Å². The molecular weight excluding hydrogens is 424 g/mol. The largest absolute Gasteiger partial charge is 0.497 e. The van der Waals surface area contributed by atoms with Crippen molar-refractivity contribution >= 4 is 27.3 Å². The molecule has 2 aromatic carbocycles. The molecule has 0 saturated carbocycles. The Kier molecular flexibility index (Phi) is 6.01. The number of hydrogen-bond acceptors (Lipinski definition) is 6. The molecule has 1 aromatic heterocycles. The maximum atomic E-state index is 13.5. The first-order valence-corrected chi connectivity index (χ1v) is 11.8. The lowest BCUT2D eigenvalue weighted by Gasteiger charge is -2.20. The lowest BCUT2D eigenvalue weighted by molar-refractivity contribution is 0.414. The second-order valence-corrected chi connectivity index (χ2v) is 9.52. The van der Waals surface area contributed by atoms with Crippen LogP contribution in [0.15, 0.2) is 62.9 Å². The van der Waals surface area contributed by atoms with Crippen molar-refractivity contribution in [1.82, 2.24) is 4.98 Å². The number of rotatable bonds is 5. The third-order valence-corrected chi connectivity index (χ3v) is 7.11. The van der Waals surface area contributed by atoms with E-state index in [1.54, 1.807) is 36.4 Å². The smallest absolute Gasteiger partial charge is 0.236 e. The summed E-state index contributed by atoms with van der Waals surface area (Å²) < 4.78 is 38.1. The van der Waals surface area contributed by atoms with Crippen LogP contribution in [-0.4, -0.2) is 33.6 Å². The molecule has 4 rings (SSSR count). The molecule has 2 heterocycles. The van der Waals surface area contributed by atoms with Gasteiger partial charge in [0.1, 0.15) is 5.75 Å². The van der Waals surface area contributed by atoms with Crippen LogP contribution in [0.1, 0.15) is 25.7 Å². The highest BCUT2D eigenvalue weighted by Crippen LogP contribution is 2.36. The highest BCUT2D eigenvalue weighted by molar-refractivity contribution is 7.91. The topological polar surface area (TPSA) is 72.6 Å². The highest BCUT2D eigenvalue weighted by atomic mass is 35.5. The van der Waals surface area contributed by atoms with E-state index in [0.717, 1.165) is 38.8 Å². The van der Waals surface area contributed by atoms with Gasteiger partial charge < -0.3 is 14.1 Å². The molecule has 0 aliphatic carbocycles. The van der Waals surface area contributed by atoms with Crippen molar-refractivity contribution in [2.45, 2.75) is 35.6 Å². The Bertz CT molecular complexity index is 1100. The molecule has 30 heavy (non-hydrogen) atoms. The Hall–Kier alpha value is -2.51. The number of hydrogen-bond donors (Lipinski definition) is 0. The van der Waals surface area contributed by atoms with Crippen molar-refractivity contribution in [2.24, 2.45) is 0 Å². The zero-order valence-corrected chi connectivity index (χ0v) is 18.2. The van der Waals surface area contributed by atoms with Crippen molar-refractivity contribution in [3.63, 3.8) is 0 Å². The van der Waals surface area contributed by atoms with Crippen LogP contribution in [0.3, 0.4) is 0 Å².